The molecule has 0 spiro atoms. The number of likely N-dealkylation sites (N-methyl/N-ethyl adjacent to an activating group) is 1. The fourth-order valence-corrected chi connectivity index (χ4v) is 3.56. The summed E-state index contributed by atoms with van der Waals surface area (Å²) >= 11 is 0. The van der Waals surface area contributed by atoms with Crippen LogP contribution >= 0.6 is 0 Å². The molecule has 1 atom stereocenters. The minimum atomic E-state index is 0.200. The van der Waals surface area contributed by atoms with Crippen molar-refractivity contribution in [3.05, 3.63) is 60.2 Å². The molecule has 0 radical (unpaired) electrons. The van der Waals surface area contributed by atoms with Crippen LogP contribution in [0.2, 0.25) is 0 Å². The van der Waals surface area contributed by atoms with Gasteiger partial charge in [-0.3, -0.25) is 14.8 Å². The van der Waals surface area contributed by atoms with E-state index in [1.807, 2.05) is 11.9 Å². The Kier molecular flexibility index (Phi) is 6.72. The lowest BCUT2D eigenvalue weighted by molar-refractivity contribution is -0.133. The summed E-state index contributed by atoms with van der Waals surface area (Å²) in [6.07, 6.45) is 9.53. The molecule has 1 fully saturated rings. The average molecular weight is 352 g/mol. The van der Waals surface area contributed by atoms with Crippen LogP contribution in [0, 0.1) is 0 Å². The fraction of sp³-hybridized carbons (Fsp3) is 0.476. The second-order valence-electron chi connectivity index (χ2n) is 7.03. The standard InChI is InChI=1S/C21H28N4O/c1-24(21(26)10-9-19-16-22-12-13-23-19)20-8-5-14-25(17-20)15-11-18-6-3-2-4-7-18/h2-4,6-7,12-13,16,20H,5,8-11,14-15,17H2,1H3. The van der Waals surface area contributed by atoms with Crippen molar-refractivity contribution in [2.75, 3.05) is 26.7 Å². The van der Waals surface area contributed by atoms with Crippen LogP contribution in [0.3, 0.4) is 0 Å². The lowest BCUT2D eigenvalue weighted by Crippen LogP contribution is -2.49. The lowest BCUT2D eigenvalue weighted by atomic mass is 10.0. The van der Waals surface area contributed by atoms with Crippen molar-refractivity contribution in [3.8, 4) is 0 Å². The smallest absolute Gasteiger partial charge is 0.222 e. The van der Waals surface area contributed by atoms with Gasteiger partial charge in [-0.15, -0.1) is 0 Å². The summed E-state index contributed by atoms with van der Waals surface area (Å²) in [5.41, 5.74) is 2.26. The summed E-state index contributed by atoms with van der Waals surface area (Å²) in [4.78, 5) is 25.3. The molecule has 1 aromatic carbocycles. The third-order valence-electron chi connectivity index (χ3n) is 5.19. The van der Waals surface area contributed by atoms with E-state index in [2.05, 4.69) is 45.2 Å². The Morgan fingerprint density at radius 1 is 1.23 bits per heavy atom. The zero-order valence-electron chi connectivity index (χ0n) is 15.6. The first-order valence-corrected chi connectivity index (χ1v) is 9.49. The Labute approximate surface area is 156 Å². The number of hydrogen-bond donors (Lipinski definition) is 0. The van der Waals surface area contributed by atoms with Crippen molar-refractivity contribution >= 4 is 5.91 Å². The minimum absolute atomic E-state index is 0.200. The maximum Gasteiger partial charge on any atom is 0.222 e. The maximum absolute atomic E-state index is 12.6. The highest BCUT2D eigenvalue weighted by molar-refractivity contribution is 5.76. The first-order chi connectivity index (χ1) is 12.7. The highest BCUT2D eigenvalue weighted by Crippen LogP contribution is 2.16. The van der Waals surface area contributed by atoms with Crippen LogP contribution < -0.4 is 0 Å². The van der Waals surface area contributed by atoms with Gasteiger partial charge in [-0.05, 0) is 37.8 Å². The molecule has 3 rings (SSSR count). The summed E-state index contributed by atoms with van der Waals surface area (Å²) in [7, 11) is 1.95. The molecule has 2 aromatic rings. The number of aryl methyl sites for hydroxylation is 1. The van der Waals surface area contributed by atoms with Crippen LogP contribution in [0.5, 0.6) is 0 Å². The van der Waals surface area contributed by atoms with Gasteiger partial charge >= 0.3 is 0 Å². The van der Waals surface area contributed by atoms with E-state index < -0.39 is 0 Å². The van der Waals surface area contributed by atoms with Crippen molar-refractivity contribution in [3.63, 3.8) is 0 Å². The van der Waals surface area contributed by atoms with Crippen molar-refractivity contribution in [2.24, 2.45) is 0 Å². The summed E-state index contributed by atoms with van der Waals surface area (Å²) in [5.74, 6) is 0.200. The van der Waals surface area contributed by atoms with Gasteiger partial charge in [0, 0.05) is 51.2 Å². The summed E-state index contributed by atoms with van der Waals surface area (Å²) in [6, 6.07) is 10.9. The largest absolute Gasteiger partial charge is 0.341 e. The minimum Gasteiger partial charge on any atom is -0.341 e. The second kappa shape index (κ2) is 9.43. The number of carbonyl (C=O) groups excluding carboxylic acids is 1. The van der Waals surface area contributed by atoms with E-state index in [9.17, 15) is 4.79 Å². The Bertz CT molecular complexity index is 677. The molecule has 0 N–H and O–H groups in total. The van der Waals surface area contributed by atoms with Gasteiger partial charge in [0.15, 0.2) is 0 Å². The number of benzene rings is 1. The molecular formula is C21H28N4O. The molecule has 0 aliphatic carbocycles. The van der Waals surface area contributed by atoms with Crippen LogP contribution in [-0.2, 0) is 17.6 Å². The Balaban J connectivity index is 1.46. The second-order valence-corrected chi connectivity index (χ2v) is 7.03. The van der Waals surface area contributed by atoms with Gasteiger partial charge in [0.25, 0.3) is 0 Å². The highest BCUT2D eigenvalue weighted by atomic mass is 16.2. The third kappa shape index (κ3) is 5.36. The zero-order chi connectivity index (χ0) is 18.2. The van der Waals surface area contributed by atoms with Crippen LogP contribution in [0.4, 0.5) is 0 Å². The summed E-state index contributed by atoms with van der Waals surface area (Å²) in [6.45, 7) is 3.16. The SMILES string of the molecule is CN(C(=O)CCc1cnccn1)C1CCCN(CCc2ccccc2)C1. The quantitative estimate of drug-likeness (QED) is 0.768. The van der Waals surface area contributed by atoms with E-state index in [1.54, 1.807) is 18.6 Å². The maximum atomic E-state index is 12.6. The van der Waals surface area contributed by atoms with Crippen molar-refractivity contribution in [1.29, 1.82) is 0 Å². The molecule has 5 nitrogen and oxygen atoms in total. The van der Waals surface area contributed by atoms with Crippen molar-refractivity contribution in [1.82, 2.24) is 19.8 Å². The molecule has 2 heterocycles. The molecule has 1 aromatic heterocycles. The molecule has 26 heavy (non-hydrogen) atoms. The van der Waals surface area contributed by atoms with E-state index in [-0.39, 0.29) is 5.91 Å². The van der Waals surface area contributed by atoms with E-state index in [0.717, 1.165) is 44.6 Å². The Morgan fingerprint density at radius 2 is 2.08 bits per heavy atom. The van der Waals surface area contributed by atoms with Crippen LogP contribution in [0.1, 0.15) is 30.5 Å². The molecule has 1 saturated heterocycles. The number of nitrogens with zero attached hydrogens (tertiary/aromatic N) is 4. The van der Waals surface area contributed by atoms with E-state index in [1.165, 1.54) is 5.56 Å². The predicted octanol–water partition coefficient (Wildman–Crippen LogP) is 2.57. The molecule has 138 valence electrons. The molecule has 5 heteroatoms. The van der Waals surface area contributed by atoms with Gasteiger partial charge in [-0.1, -0.05) is 30.3 Å². The first-order valence-electron chi connectivity index (χ1n) is 9.49. The topological polar surface area (TPSA) is 49.3 Å². The molecule has 1 unspecified atom stereocenters. The van der Waals surface area contributed by atoms with Crippen molar-refractivity contribution < 1.29 is 4.79 Å². The van der Waals surface area contributed by atoms with E-state index in [0.29, 0.717) is 18.9 Å². The number of likely N-dealkylation sites (tertiary alicyclic amines) is 1. The highest BCUT2D eigenvalue weighted by Gasteiger charge is 2.25. The lowest BCUT2D eigenvalue weighted by Gasteiger charge is -2.37. The van der Waals surface area contributed by atoms with Crippen LogP contribution in [0.15, 0.2) is 48.9 Å². The third-order valence-corrected chi connectivity index (χ3v) is 5.19. The first kappa shape index (κ1) is 18.5. The fourth-order valence-electron chi connectivity index (χ4n) is 3.56. The van der Waals surface area contributed by atoms with Gasteiger partial charge < -0.3 is 9.80 Å². The number of piperidine rings is 1. The predicted molar refractivity (Wildman–Crippen MR) is 103 cm³/mol. The Hall–Kier alpha value is -2.27. The number of rotatable bonds is 7. The molecular weight excluding hydrogens is 324 g/mol. The number of hydrogen-bond acceptors (Lipinski definition) is 4. The zero-order valence-corrected chi connectivity index (χ0v) is 15.6. The van der Waals surface area contributed by atoms with Crippen LogP contribution in [-0.4, -0.2) is 58.4 Å². The monoisotopic (exact) mass is 352 g/mol. The Morgan fingerprint density at radius 3 is 2.85 bits per heavy atom. The van der Waals surface area contributed by atoms with Gasteiger partial charge in [0.05, 0.1) is 5.69 Å². The van der Waals surface area contributed by atoms with Gasteiger partial charge in [0.1, 0.15) is 0 Å². The number of carbonyl (C=O) groups is 1. The average Bonchev–Trinajstić information content (AvgIpc) is 2.71. The van der Waals surface area contributed by atoms with E-state index >= 15 is 0 Å². The summed E-state index contributed by atoms with van der Waals surface area (Å²) in [5, 5.41) is 0. The van der Waals surface area contributed by atoms with E-state index in [4.69, 9.17) is 0 Å². The summed E-state index contributed by atoms with van der Waals surface area (Å²) < 4.78 is 0. The van der Waals surface area contributed by atoms with Gasteiger partial charge in [0.2, 0.25) is 5.91 Å². The number of aromatic nitrogens is 2. The number of amides is 1. The van der Waals surface area contributed by atoms with Gasteiger partial charge in [-0.25, -0.2) is 0 Å². The molecule has 1 amide bonds. The molecule has 1 aliphatic heterocycles. The molecule has 0 bridgehead atoms. The van der Waals surface area contributed by atoms with Crippen LogP contribution in [0.25, 0.3) is 0 Å². The molecule has 1 aliphatic rings. The normalized spacial score (nSPS) is 17.8. The van der Waals surface area contributed by atoms with Crippen molar-refractivity contribution in [2.45, 2.75) is 38.1 Å². The van der Waals surface area contributed by atoms with Gasteiger partial charge in [-0.2, -0.15) is 0 Å². The molecule has 0 saturated carbocycles.